The van der Waals surface area contributed by atoms with Gasteiger partial charge in [0.15, 0.2) is 0 Å². The first-order chi connectivity index (χ1) is 8.51. The minimum atomic E-state index is 0.0645. The number of rotatable bonds is 4. The Morgan fingerprint density at radius 2 is 2.17 bits per heavy atom. The van der Waals surface area contributed by atoms with Gasteiger partial charge in [-0.1, -0.05) is 19.1 Å². The van der Waals surface area contributed by atoms with E-state index in [4.69, 9.17) is 18.0 Å². The zero-order valence-electron chi connectivity index (χ0n) is 11.2. The van der Waals surface area contributed by atoms with Crippen LogP contribution in [0.5, 0.6) is 0 Å². The Kier molecular flexibility index (Phi) is 4.02. The summed E-state index contributed by atoms with van der Waals surface area (Å²) in [7, 11) is 2.04. The van der Waals surface area contributed by atoms with E-state index >= 15 is 0 Å². The molecule has 18 heavy (non-hydrogen) atoms. The Balaban J connectivity index is 1.81. The summed E-state index contributed by atoms with van der Waals surface area (Å²) < 4.78 is 2.09. The van der Waals surface area contributed by atoms with Crippen LogP contribution in [-0.2, 0) is 13.5 Å². The minimum absolute atomic E-state index is 0.0645. The molecule has 1 aromatic heterocycles. The average Bonchev–Trinajstić information content (AvgIpc) is 2.74. The van der Waals surface area contributed by atoms with Crippen LogP contribution in [0, 0.1) is 5.41 Å². The second kappa shape index (κ2) is 5.36. The minimum Gasteiger partial charge on any atom is -0.393 e. The van der Waals surface area contributed by atoms with Crippen molar-refractivity contribution in [2.45, 2.75) is 26.2 Å². The molecule has 4 nitrogen and oxygen atoms in total. The summed E-state index contributed by atoms with van der Waals surface area (Å²) in [6, 6.07) is 0. The van der Waals surface area contributed by atoms with Crippen molar-refractivity contribution in [3.8, 4) is 0 Å². The summed E-state index contributed by atoms with van der Waals surface area (Å²) in [5.41, 5.74) is 5.88. The highest BCUT2D eigenvalue weighted by atomic mass is 32.1. The van der Waals surface area contributed by atoms with Gasteiger partial charge in [0.2, 0.25) is 0 Å². The van der Waals surface area contributed by atoms with Gasteiger partial charge in [-0.3, -0.25) is 0 Å². The molecule has 0 atom stereocenters. The first kappa shape index (κ1) is 13.5. The molecule has 0 aromatic carbocycles. The molecule has 0 amide bonds. The zero-order chi connectivity index (χ0) is 13.2. The summed E-state index contributed by atoms with van der Waals surface area (Å²) in [6.45, 7) is 5.42. The van der Waals surface area contributed by atoms with Gasteiger partial charge >= 0.3 is 0 Å². The largest absolute Gasteiger partial charge is 0.393 e. The van der Waals surface area contributed by atoms with Crippen molar-refractivity contribution >= 4 is 17.2 Å². The van der Waals surface area contributed by atoms with Crippen molar-refractivity contribution in [2.75, 3.05) is 19.6 Å². The van der Waals surface area contributed by atoms with Crippen LogP contribution in [0.1, 0.15) is 25.6 Å². The monoisotopic (exact) mass is 266 g/mol. The van der Waals surface area contributed by atoms with Crippen molar-refractivity contribution in [3.05, 3.63) is 18.2 Å². The van der Waals surface area contributed by atoms with E-state index in [2.05, 4.69) is 21.4 Å². The second-order valence-electron chi connectivity index (χ2n) is 5.47. The molecule has 1 fully saturated rings. The number of imidazole rings is 1. The molecule has 1 aromatic rings. The molecule has 0 radical (unpaired) electrons. The van der Waals surface area contributed by atoms with Crippen LogP contribution in [0.25, 0.3) is 0 Å². The van der Waals surface area contributed by atoms with E-state index in [1.807, 2.05) is 19.4 Å². The van der Waals surface area contributed by atoms with Gasteiger partial charge in [0.25, 0.3) is 0 Å². The Morgan fingerprint density at radius 1 is 1.50 bits per heavy atom. The molecule has 0 saturated carbocycles. The summed E-state index contributed by atoms with van der Waals surface area (Å²) in [5, 5.41) is 0. The van der Waals surface area contributed by atoms with Gasteiger partial charge in [-0.05, 0) is 25.9 Å². The lowest BCUT2D eigenvalue weighted by atomic mass is 9.80. The average molecular weight is 266 g/mol. The number of piperidine rings is 1. The Bertz CT molecular complexity index is 418. The molecule has 1 saturated heterocycles. The summed E-state index contributed by atoms with van der Waals surface area (Å²) in [6.07, 6.45) is 7.00. The van der Waals surface area contributed by atoms with Crippen LogP contribution in [0.15, 0.2) is 12.4 Å². The number of thiocarbonyl (C=S) groups is 1. The number of nitrogens with zero attached hydrogens (tertiary/aromatic N) is 3. The van der Waals surface area contributed by atoms with Gasteiger partial charge < -0.3 is 15.2 Å². The summed E-state index contributed by atoms with van der Waals surface area (Å²) in [5.74, 6) is 1.15. The highest BCUT2D eigenvalue weighted by Crippen LogP contribution is 2.31. The topological polar surface area (TPSA) is 47.1 Å². The van der Waals surface area contributed by atoms with Crippen molar-refractivity contribution < 1.29 is 0 Å². The van der Waals surface area contributed by atoms with E-state index in [1.54, 1.807) is 0 Å². The van der Waals surface area contributed by atoms with Crippen LogP contribution in [0.3, 0.4) is 0 Å². The lowest BCUT2D eigenvalue weighted by molar-refractivity contribution is 0.165. The van der Waals surface area contributed by atoms with Gasteiger partial charge in [0, 0.05) is 37.8 Å². The smallest absolute Gasteiger partial charge is 0.109 e. The third kappa shape index (κ3) is 2.90. The second-order valence-corrected chi connectivity index (χ2v) is 5.91. The molecule has 2 heterocycles. The van der Waals surface area contributed by atoms with Crippen LogP contribution in [0.4, 0.5) is 0 Å². The highest BCUT2D eigenvalue weighted by molar-refractivity contribution is 7.80. The molecule has 0 spiro atoms. The number of aryl methyl sites for hydroxylation is 1. The fraction of sp³-hybridized carbons (Fsp3) is 0.692. The van der Waals surface area contributed by atoms with Crippen LogP contribution >= 0.6 is 12.2 Å². The number of hydrogen-bond donors (Lipinski definition) is 1. The van der Waals surface area contributed by atoms with Crippen molar-refractivity contribution in [1.29, 1.82) is 0 Å². The van der Waals surface area contributed by atoms with E-state index in [0.29, 0.717) is 4.99 Å². The molecule has 0 unspecified atom stereocenters. The number of likely N-dealkylation sites (tertiary alicyclic amines) is 1. The molecule has 1 aliphatic rings. The van der Waals surface area contributed by atoms with Gasteiger partial charge in [-0.15, -0.1) is 0 Å². The number of nitrogens with two attached hydrogens (primary N) is 1. The molecular weight excluding hydrogens is 244 g/mol. The van der Waals surface area contributed by atoms with Crippen molar-refractivity contribution in [2.24, 2.45) is 18.2 Å². The molecule has 2 N–H and O–H groups in total. The van der Waals surface area contributed by atoms with Crippen molar-refractivity contribution in [1.82, 2.24) is 14.5 Å². The summed E-state index contributed by atoms with van der Waals surface area (Å²) >= 11 is 5.16. The quantitative estimate of drug-likeness (QED) is 0.836. The molecule has 2 rings (SSSR count). The lowest BCUT2D eigenvalue weighted by Gasteiger charge is -2.38. The van der Waals surface area contributed by atoms with Gasteiger partial charge in [0.1, 0.15) is 5.82 Å². The maximum Gasteiger partial charge on any atom is 0.109 e. The van der Waals surface area contributed by atoms with Gasteiger partial charge in [-0.2, -0.15) is 0 Å². The lowest BCUT2D eigenvalue weighted by Crippen LogP contribution is -2.45. The maximum absolute atomic E-state index is 5.82. The number of aromatic nitrogens is 2. The molecule has 0 bridgehead atoms. The Hall–Kier alpha value is -0.940. The fourth-order valence-electron chi connectivity index (χ4n) is 2.41. The normalized spacial score (nSPS) is 19.9. The van der Waals surface area contributed by atoms with E-state index < -0.39 is 0 Å². The van der Waals surface area contributed by atoms with E-state index in [9.17, 15) is 0 Å². The predicted octanol–water partition coefficient (Wildman–Crippen LogP) is 1.35. The molecule has 100 valence electrons. The van der Waals surface area contributed by atoms with Crippen LogP contribution < -0.4 is 5.73 Å². The maximum atomic E-state index is 5.82. The summed E-state index contributed by atoms with van der Waals surface area (Å²) in [4.78, 5) is 7.51. The van der Waals surface area contributed by atoms with Gasteiger partial charge in [-0.25, -0.2) is 4.98 Å². The molecule has 0 aliphatic carbocycles. The van der Waals surface area contributed by atoms with Crippen LogP contribution in [0.2, 0.25) is 0 Å². The molecule has 5 heteroatoms. The first-order valence-corrected chi connectivity index (χ1v) is 6.90. The number of hydrogen-bond acceptors (Lipinski definition) is 3. The van der Waals surface area contributed by atoms with E-state index in [-0.39, 0.29) is 5.41 Å². The van der Waals surface area contributed by atoms with Crippen molar-refractivity contribution in [3.63, 3.8) is 0 Å². The predicted molar refractivity (Wildman–Crippen MR) is 77.5 cm³/mol. The van der Waals surface area contributed by atoms with Crippen LogP contribution in [-0.4, -0.2) is 39.1 Å². The third-order valence-electron chi connectivity index (χ3n) is 4.13. The van der Waals surface area contributed by atoms with E-state index in [0.717, 1.165) is 44.7 Å². The Morgan fingerprint density at radius 3 is 2.67 bits per heavy atom. The standard InChI is InChI=1S/C13H22N4S/c1-13(12(14)18)4-8-17(9-5-13)7-3-11-15-6-10-16(11)2/h6,10H,3-5,7-9H2,1-2H3,(H2,14,18). The zero-order valence-corrected chi connectivity index (χ0v) is 12.0. The fourth-order valence-corrected chi connectivity index (χ4v) is 2.62. The molecule has 1 aliphatic heterocycles. The third-order valence-corrected chi connectivity index (χ3v) is 4.62. The van der Waals surface area contributed by atoms with E-state index in [1.165, 1.54) is 0 Å². The van der Waals surface area contributed by atoms with Gasteiger partial charge in [0.05, 0.1) is 4.99 Å². The first-order valence-electron chi connectivity index (χ1n) is 6.50. The highest BCUT2D eigenvalue weighted by Gasteiger charge is 2.32. The SMILES string of the molecule is Cn1ccnc1CCN1CCC(C)(C(N)=S)CC1. The molecular formula is C13H22N4S. The Labute approximate surface area is 114 Å².